The van der Waals surface area contributed by atoms with Gasteiger partial charge in [-0.05, 0) is 106 Å². The lowest BCUT2D eigenvalue weighted by atomic mass is 9.96. The normalized spacial score (nSPS) is 24.6. The van der Waals surface area contributed by atoms with Crippen LogP contribution in [0.3, 0.4) is 0 Å². The summed E-state index contributed by atoms with van der Waals surface area (Å²) in [5.74, 6) is -11.1. The van der Waals surface area contributed by atoms with Crippen molar-refractivity contribution in [2.24, 2.45) is 29.6 Å². The number of carbonyl (C=O) groups excluding carboxylic acids is 12. The zero-order chi connectivity index (χ0) is 78.1. The van der Waals surface area contributed by atoms with Crippen LogP contribution < -0.4 is 27.0 Å². The number of nitrogens with one attached hydrogen (secondary N) is 5. The van der Waals surface area contributed by atoms with E-state index in [4.69, 9.17) is 4.74 Å². The molecule has 584 valence electrons. The zero-order valence-electron chi connectivity index (χ0n) is 65.2. The lowest BCUT2D eigenvalue weighted by Gasteiger charge is -2.38. The number of aromatic nitrogens is 2. The first kappa shape index (κ1) is 88.1. The molecule has 0 radical (unpaired) electrons. The maximum atomic E-state index is 15.5. The van der Waals surface area contributed by atoms with Gasteiger partial charge >= 0.3 is 5.76 Å². The number of H-pyrrole nitrogens is 1. The van der Waals surface area contributed by atoms with E-state index >= 15 is 33.6 Å². The Morgan fingerprint density at radius 2 is 1.00 bits per heavy atom. The molecule has 104 heavy (non-hydrogen) atoms. The third kappa shape index (κ3) is 25.8. The molecule has 2 aliphatic rings. The van der Waals surface area contributed by atoms with E-state index in [0.29, 0.717) is 44.3 Å². The number of carbonyl (C=O) groups is 12. The minimum atomic E-state index is -1.69. The Bertz CT molecular complexity index is 3240. The Balaban J connectivity index is 2.02. The van der Waals surface area contributed by atoms with Gasteiger partial charge in [-0.2, -0.15) is 0 Å². The molecule has 11 atom stereocenters. The summed E-state index contributed by atoms with van der Waals surface area (Å²) >= 11 is 0. The number of ether oxygens (including phenoxy) is 1. The largest absolute Gasteiger partial charge is 0.438 e. The first-order valence-electron chi connectivity index (χ1n) is 37.1. The van der Waals surface area contributed by atoms with Crippen molar-refractivity contribution in [3.05, 3.63) is 52.3 Å². The predicted octanol–water partition coefficient (Wildman–Crippen LogP) is 3.09. The number of aromatic amines is 1. The van der Waals surface area contributed by atoms with E-state index in [1.54, 1.807) is 42.2 Å². The van der Waals surface area contributed by atoms with E-state index in [2.05, 4.69) is 35.9 Å². The molecule has 1 aromatic carbocycles. The standard InChI is InChI=1S/C74H122N14O16/c1-20-22-31-88-41-62(91)82(15)55(35-45(5)6)65(93)76-52(70(98)87-32-27-24-28-33-87)40-61(90)81(14)54(21-2)64(92)75-51(34-44(3)4)68(96)85(18)58(37-47(9)10)72(100)84(17)57(39-50-29-25-23-26-30-50)66(94)77-53(42-103-43-60-78-74(102)104-80-60)69(97)86(19)59(38-48(11)12)71(99)83(16)56(36-46(7)8)67(95)79-63(49(13)89)73(88)101/h23,25-26,29-30,44-49,51-59,63,89H,20-22,24,27-28,31-43H2,1-19H3,(H,75,92)(H,76,93)(H,77,94)(H,79,95)(H,78,80,102)/t49-,51+,52+,53?,54+,55+,56+,57+,58+,59+,63+/m1/s1. The second kappa shape index (κ2) is 42.0. The van der Waals surface area contributed by atoms with Crippen LogP contribution in [0.2, 0.25) is 0 Å². The summed E-state index contributed by atoms with van der Waals surface area (Å²) < 4.78 is 10.6. The fraction of sp³-hybridized carbons (Fsp3) is 0.730. The lowest BCUT2D eigenvalue weighted by Crippen LogP contribution is -2.62. The molecule has 3 heterocycles. The van der Waals surface area contributed by atoms with Gasteiger partial charge in [0.05, 0.1) is 25.7 Å². The number of hydrogen-bond acceptors (Lipinski definition) is 17. The van der Waals surface area contributed by atoms with E-state index in [0.717, 1.165) is 11.3 Å². The number of likely N-dealkylation sites (N-methyl/N-ethyl adjacent to an activating group) is 6. The van der Waals surface area contributed by atoms with Crippen LogP contribution in [0.5, 0.6) is 0 Å². The smallest absolute Gasteiger partial charge is 0.391 e. The second-order valence-electron chi connectivity index (χ2n) is 30.3. The van der Waals surface area contributed by atoms with Gasteiger partial charge in [-0.3, -0.25) is 67.0 Å². The number of nitrogens with zero attached hydrogens (tertiary/aromatic N) is 9. The summed E-state index contributed by atoms with van der Waals surface area (Å²) in [6.45, 7) is 22.2. The minimum absolute atomic E-state index is 0.0126. The van der Waals surface area contributed by atoms with Crippen molar-refractivity contribution in [1.29, 1.82) is 0 Å². The summed E-state index contributed by atoms with van der Waals surface area (Å²) in [4.78, 5) is 205. The molecule has 0 bridgehead atoms. The summed E-state index contributed by atoms with van der Waals surface area (Å²) in [5.41, 5.74) is 0.599. The van der Waals surface area contributed by atoms with Crippen LogP contribution in [0.1, 0.15) is 178 Å². The van der Waals surface area contributed by atoms with Crippen LogP contribution in [-0.4, -0.2) is 267 Å². The number of unbranched alkanes of at least 4 members (excludes halogenated alkanes) is 1. The number of likely N-dealkylation sites (tertiary alicyclic amines) is 1. The molecule has 2 fully saturated rings. The number of hydrogen-bond donors (Lipinski definition) is 6. The number of rotatable bonds is 22. The SMILES string of the molecule is CCCCN1CC(=O)N(C)[C@@H](CC(C)C)C(=O)N[C@H](C(=O)N2CCCCC2)CC(=O)N(C)[C@@H](CC)C(=O)N[C@@H](CC(C)C)C(=O)N(C)[C@@H](CC(C)C)C(=O)N(C)[C@@H](Cc2ccccc2)C(=O)NC(COCc2noc(=O)[nH]2)C(=O)N(C)[C@@H](CC(C)C)C(=O)N(C)[C@@H](CC(C)C)C(=O)N[C@@H]([C@@H](C)O)C1=O. The molecule has 0 spiro atoms. The number of amides is 12. The van der Waals surface area contributed by atoms with Crippen LogP contribution in [0.25, 0.3) is 0 Å². The molecule has 1 unspecified atom stereocenters. The molecular weight excluding hydrogens is 1340 g/mol. The van der Waals surface area contributed by atoms with Crippen molar-refractivity contribution < 1.29 is 71.9 Å². The van der Waals surface area contributed by atoms with Gasteiger partial charge in [0.1, 0.15) is 67.0 Å². The van der Waals surface area contributed by atoms with E-state index < -0.39 is 169 Å². The molecular formula is C74H122N14O16. The van der Waals surface area contributed by atoms with Crippen molar-refractivity contribution >= 4 is 70.9 Å². The Kier molecular flexibility index (Phi) is 35.6. The molecule has 1 aromatic heterocycles. The topological polar surface area (TPSA) is 367 Å². The lowest BCUT2D eigenvalue weighted by molar-refractivity contribution is -0.152. The van der Waals surface area contributed by atoms with Crippen molar-refractivity contribution in [3.63, 3.8) is 0 Å². The Hall–Kier alpha value is -8.28. The van der Waals surface area contributed by atoms with Crippen LogP contribution in [-0.2, 0) is 75.3 Å². The van der Waals surface area contributed by atoms with E-state index in [1.807, 2.05) is 76.2 Å². The summed E-state index contributed by atoms with van der Waals surface area (Å²) in [5, 5.41) is 26.4. The molecule has 12 amide bonds. The first-order chi connectivity index (χ1) is 48.8. The fourth-order valence-electron chi connectivity index (χ4n) is 13.2. The van der Waals surface area contributed by atoms with Gasteiger partial charge in [0.25, 0.3) is 0 Å². The third-order valence-corrected chi connectivity index (χ3v) is 19.3. The summed E-state index contributed by atoms with van der Waals surface area (Å²) in [6, 6.07) is -5.20. The molecule has 4 rings (SSSR count). The predicted molar refractivity (Wildman–Crippen MR) is 390 cm³/mol. The monoisotopic (exact) mass is 1460 g/mol. The van der Waals surface area contributed by atoms with Gasteiger partial charge in [0.15, 0.2) is 5.82 Å². The number of piperidine rings is 1. The highest BCUT2D eigenvalue weighted by molar-refractivity contribution is 6.00. The molecule has 2 saturated heterocycles. The van der Waals surface area contributed by atoms with Crippen molar-refractivity contribution in [3.8, 4) is 0 Å². The maximum Gasteiger partial charge on any atom is 0.438 e. The van der Waals surface area contributed by atoms with Gasteiger partial charge in [-0.25, -0.2) is 4.79 Å². The molecule has 6 N–H and O–H groups in total. The van der Waals surface area contributed by atoms with Crippen LogP contribution in [0, 0.1) is 29.6 Å². The average molecular weight is 1460 g/mol. The van der Waals surface area contributed by atoms with E-state index in [1.165, 1.54) is 78.6 Å². The molecule has 0 aliphatic carbocycles. The third-order valence-electron chi connectivity index (χ3n) is 19.3. The van der Waals surface area contributed by atoms with Gasteiger partial charge in [-0.15, -0.1) is 0 Å². The quantitative estimate of drug-likeness (QED) is 0.0986. The molecule has 30 nitrogen and oxygen atoms in total. The van der Waals surface area contributed by atoms with Crippen molar-refractivity contribution in [2.75, 3.05) is 75.1 Å². The molecule has 2 aliphatic heterocycles. The van der Waals surface area contributed by atoms with Crippen molar-refractivity contribution in [1.82, 2.24) is 70.6 Å². The summed E-state index contributed by atoms with van der Waals surface area (Å²) in [7, 11) is 8.35. The maximum absolute atomic E-state index is 15.5. The van der Waals surface area contributed by atoms with Gasteiger partial charge < -0.3 is 70.3 Å². The Labute approximate surface area is 614 Å². The fourth-order valence-corrected chi connectivity index (χ4v) is 13.2. The minimum Gasteiger partial charge on any atom is -0.391 e. The number of aliphatic hydroxyl groups is 1. The molecule has 30 heteroatoms. The highest BCUT2D eigenvalue weighted by Crippen LogP contribution is 2.24. The first-order valence-corrected chi connectivity index (χ1v) is 37.1. The molecule has 0 saturated carbocycles. The average Bonchev–Trinajstić information content (AvgIpc) is 0.829. The highest BCUT2D eigenvalue weighted by Gasteiger charge is 2.44. The van der Waals surface area contributed by atoms with Crippen LogP contribution in [0.15, 0.2) is 39.6 Å². The number of aliphatic hydroxyl groups excluding tert-OH is 1. The summed E-state index contributed by atoms with van der Waals surface area (Å²) in [6.07, 6.45) is 1.08. The van der Waals surface area contributed by atoms with Crippen molar-refractivity contribution in [2.45, 2.75) is 247 Å². The van der Waals surface area contributed by atoms with Gasteiger partial charge in [0.2, 0.25) is 70.9 Å². The Morgan fingerprint density at radius 1 is 0.538 bits per heavy atom. The van der Waals surface area contributed by atoms with Crippen LogP contribution >= 0.6 is 0 Å². The van der Waals surface area contributed by atoms with Gasteiger partial charge in [-0.1, -0.05) is 125 Å². The zero-order valence-corrected chi connectivity index (χ0v) is 65.2. The van der Waals surface area contributed by atoms with Gasteiger partial charge in [0, 0.05) is 68.3 Å². The Morgan fingerprint density at radius 3 is 1.50 bits per heavy atom. The molecule has 2 aromatic rings. The van der Waals surface area contributed by atoms with Crippen LogP contribution in [0.4, 0.5) is 0 Å². The second-order valence-corrected chi connectivity index (χ2v) is 30.3. The number of benzene rings is 1. The van der Waals surface area contributed by atoms with E-state index in [9.17, 15) is 33.9 Å². The van der Waals surface area contributed by atoms with E-state index in [-0.39, 0.29) is 86.9 Å². The highest BCUT2D eigenvalue weighted by atomic mass is 16.5.